The van der Waals surface area contributed by atoms with Crippen molar-refractivity contribution in [3.05, 3.63) is 72.3 Å². The molecule has 0 spiro atoms. The van der Waals surface area contributed by atoms with E-state index in [9.17, 15) is 14.7 Å². The van der Waals surface area contributed by atoms with Crippen LogP contribution in [-0.2, 0) is 14.3 Å². The van der Waals surface area contributed by atoms with Gasteiger partial charge in [0.15, 0.2) is 11.5 Å². The highest BCUT2D eigenvalue weighted by Gasteiger charge is 2.50. The molecule has 2 aromatic rings. The SMILES string of the molecule is O=C1C[C@@H]2[C@@H](/C=C/[C@@H](O)C3Oc4ccccc4O3)[C@H](OC(=O)c3ccccc3)C[C@@H]2O1. The highest BCUT2D eigenvalue weighted by molar-refractivity contribution is 5.89. The minimum Gasteiger partial charge on any atom is -0.462 e. The first-order chi connectivity index (χ1) is 15.1. The van der Waals surface area contributed by atoms with Gasteiger partial charge in [-0.2, -0.15) is 0 Å². The zero-order valence-electron chi connectivity index (χ0n) is 16.6. The summed E-state index contributed by atoms with van der Waals surface area (Å²) in [6.07, 6.45) is 1.41. The number of hydrogen-bond donors (Lipinski definition) is 1. The number of hydrogen-bond acceptors (Lipinski definition) is 7. The molecule has 1 saturated carbocycles. The second-order valence-corrected chi connectivity index (χ2v) is 7.95. The van der Waals surface area contributed by atoms with Crippen molar-refractivity contribution in [2.24, 2.45) is 11.8 Å². The van der Waals surface area contributed by atoms with Crippen LogP contribution in [-0.4, -0.2) is 41.6 Å². The molecule has 31 heavy (non-hydrogen) atoms. The number of carbonyl (C=O) groups is 2. The van der Waals surface area contributed by atoms with Crippen LogP contribution >= 0.6 is 0 Å². The number of esters is 2. The molecule has 2 aliphatic heterocycles. The average Bonchev–Trinajstić information content (AvgIpc) is 3.45. The lowest BCUT2D eigenvalue weighted by Gasteiger charge is -2.21. The van der Waals surface area contributed by atoms with Gasteiger partial charge in [-0.05, 0) is 24.3 Å². The van der Waals surface area contributed by atoms with E-state index in [1.807, 2.05) is 18.2 Å². The van der Waals surface area contributed by atoms with Crippen molar-refractivity contribution < 1.29 is 33.6 Å². The van der Waals surface area contributed by atoms with Gasteiger partial charge >= 0.3 is 11.9 Å². The van der Waals surface area contributed by atoms with E-state index in [1.54, 1.807) is 48.6 Å². The van der Waals surface area contributed by atoms with E-state index < -0.39 is 24.5 Å². The molecule has 0 bridgehead atoms. The summed E-state index contributed by atoms with van der Waals surface area (Å²) in [6, 6.07) is 16.0. The minimum absolute atomic E-state index is 0.105. The van der Waals surface area contributed by atoms with E-state index in [0.29, 0.717) is 23.5 Å². The molecule has 160 valence electrons. The first-order valence-corrected chi connectivity index (χ1v) is 10.3. The van der Waals surface area contributed by atoms with E-state index in [4.69, 9.17) is 18.9 Å². The van der Waals surface area contributed by atoms with Crippen molar-refractivity contribution in [3.63, 3.8) is 0 Å². The molecule has 2 fully saturated rings. The van der Waals surface area contributed by atoms with Crippen LogP contribution in [0.15, 0.2) is 66.7 Å². The number of carbonyl (C=O) groups excluding carboxylic acids is 2. The molecule has 2 heterocycles. The molecule has 1 saturated heterocycles. The first kappa shape index (κ1) is 19.6. The molecular formula is C24H22O7. The Morgan fingerprint density at radius 1 is 1.03 bits per heavy atom. The fourth-order valence-electron chi connectivity index (χ4n) is 4.46. The Kier molecular flexibility index (Phi) is 5.11. The van der Waals surface area contributed by atoms with Crippen molar-refractivity contribution in [2.45, 2.75) is 37.4 Å². The van der Waals surface area contributed by atoms with Gasteiger partial charge < -0.3 is 24.1 Å². The highest BCUT2D eigenvalue weighted by Crippen LogP contribution is 2.44. The van der Waals surface area contributed by atoms with Crippen LogP contribution < -0.4 is 9.47 Å². The third-order valence-electron chi connectivity index (χ3n) is 5.96. The summed E-state index contributed by atoms with van der Waals surface area (Å²) in [5.41, 5.74) is 0.463. The summed E-state index contributed by atoms with van der Waals surface area (Å²) >= 11 is 0. The summed E-state index contributed by atoms with van der Waals surface area (Å²) in [7, 11) is 0. The number of ether oxygens (including phenoxy) is 4. The fourth-order valence-corrected chi connectivity index (χ4v) is 4.46. The number of benzene rings is 2. The third-order valence-corrected chi connectivity index (χ3v) is 5.96. The second kappa shape index (κ2) is 8.07. The van der Waals surface area contributed by atoms with E-state index in [0.717, 1.165) is 0 Å². The number of rotatable bonds is 5. The van der Waals surface area contributed by atoms with Crippen LogP contribution in [0.1, 0.15) is 23.2 Å². The Morgan fingerprint density at radius 2 is 1.71 bits per heavy atom. The third kappa shape index (κ3) is 3.88. The Hall–Kier alpha value is -3.32. The van der Waals surface area contributed by atoms with E-state index in [2.05, 4.69) is 0 Å². The second-order valence-electron chi connectivity index (χ2n) is 7.95. The average molecular weight is 422 g/mol. The minimum atomic E-state index is -1.03. The first-order valence-electron chi connectivity index (χ1n) is 10.3. The molecule has 3 aliphatic rings. The topological polar surface area (TPSA) is 91.3 Å². The van der Waals surface area contributed by atoms with Gasteiger partial charge in [0.25, 0.3) is 6.29 Å². The molecule has 0 radical (unpaired) electrons. The Balaban J connectivity index is 1.29. The lowest BCUT2D eigenvalue weighted by molar-refractivity contribution is -0.141. The van der Waals surface area contributed by atoms with Gasteiger partial charge in [0.1, 0.15) is 18.3 Å². The maximum Gasteiger partial charge on any atom is 0.338 e. The van der Waals surface area contributed by atoms with Crippen molar-refractivity contribution >= 4 is 11.9 Å². The number of para-hydroxylation sites is 2. The van der Waals surface area contributed by atoms with Gasteiger partial charge in [-0.1, -0.05) is 42.5 Å². The van der Waals surface area contributed by atoms with Crippen LogP contribution in [0.5, 0.6) is 11.5 Å². The summed E-state index contributed by atoms with van der Waals surface area (Å²) < 4.78 is 22.5. The lowest BCUT2D eigenvalue weighted by atomic mass is 9.91. The fraction of sp³-hybridized carbons (Fsp3) is 0.333. The molecule has 0 unspecified atom stereocenters. The molecule has 0 amide bonds. The molecule has 7 nitrogen and oxygen atoms in total. The number of aliphatic hydroxyl groups excluding tert-OH is 1. The van der Waals surface area contributed by atoms with E-state index in [-0.39, 0.29) is 30.3 Å². The molecule has 0 aromatic heterocycles. The van der Waals surface area contributed by atoms with Gasteiger partial charge in [-0.3, -0.25) is 4.79 Å². The van der Waals surface area contributed by atoms with Crippen molar-refractivity contribution in [1.29, 1.82) is 0 Å². The molecular weight excluding hydrogens is 400 g/mol. The maximum absolute atomic E-state index is 12.6. The van der Waals surface area contributed by atoms with Gasteiger partial charge in [-0.25, -0.2) is 4.79 Å². The lowest BCUT2D eigenvalue weighted by Crippen LogP contribution is -2.32. The van der Waals surface area contributed by atoms with Crippen molar-refractivity contribution in [1.82, 2.24) is 0 Å². The quantitative estimate of drug-likeness (QED) is 0.585. The van der Waals surface area contributed by atoms with E-state index >= 15 is 0 Å². The summed E-state index contributed by atoms with van der Waals surface area (Å²) in [6.45, 7) is 0. The smallest absolute Gasteiger partial charge is 0.338 e. The highest BCUT2D eigenvalue weighted by atomic mass is 16.7. The van der Waals surface area contributed by atoms with E-state index in [1.165, 1.54) is 0 Å². The van der Waals surface area contributed by atoms with Gasteiger partial charge in [-0.15, -0.1) is 0 Å². The Bertz CT molecular complexity index is 977. The monoisotopic (exact) mass is 422 g/mol. The largest absolute Gasteiger partial charge is 0.462 e. The zero-order valence-corrected chi connectivity index (χ0v) is 16.6. The number of aliphatic hydroxyl groups is 1. The molecule has 1 aliphatic carbocycles. The van der Waals surface area contributed by atoms with Crippen molar-refractivity contribution in [2.75, 3.05) is 0 Å². The molecule has 1 N–H and O–H groups in total. The van der Waals surface area contributed by atoms with Gasteiger partial charge in [0, 0.05) is 18.3 Å². The zero-order chi connectivity index (χ0) is 21.4. The Morgan fingerprint density at radius 3 is 2.42 bits per heavy atom. The summed E-state index contributed by atoms with van der Waals surface area (Å²) in [5, 5.41) is 10.6. The maximum atomic E-state index is 12.6. The predicted octanol–water partition coefficient (Wildman–Crippen LogP) is 2.88. The Labute approximate surface area is 179 Å². The predicted molar refractivity (Wildman–Crippen MR) is 108 cm³/mol. The van der Waals surface area contributed by atoms with Crippen LogP contribution in [0.4, 0.5) is 0 Å². The van der Waals surface area contributed by atoms with Crippen LogP contribution in [0.2, 0.25) is 0 Å². The van der Waals surface area contributed by atoms with Crippen LogP contribution in [0, 0.1) is 11.8 Å². The van der Waals surface area contributed by atoms with Gasteiger partial charge in [0.05, 0.1) is 12.0 Å². The van der Waals surface area contributed by atoms with Crippen LogP contribution in [0.3, 0.4) is 0 Å². The molecule has 5 rings (SSSR count). The molecule has 5 atom stereocenters. The van der Waals surface area contributed by atoms with Crippen LogP contribution in [0.25, 0.3) is 0 Å². The standard InChI is InChI=1S/C24H22O7/c25-17(24-30-18-8-4-5-9-19(18)31-24)11-10-15-16-12-22(26)28-21(16)13-20(15)29-23(27)14-6-2-1-3-7-14/h1-11,15-17,20-21,24-25H,12-13H2/b11-10+/t15-,16-,17-,20-,21+/m1/s1. The summed E-state index contributed by atoms with van der Waals surface area (Å²) in [4.78, 5) is 24.3. The number of fused-ring (bicyclic) bond motifs is 2. The summed E-state index contributed by atoms with van der Waals surface area (Å²) in [5.74, 6) is 0.110. The molecule has 2 aromatic carbocycles. The normalized spacial score (nSPS) is 27.8. The molecule has 7 heteroatoms. The van der Waals surface area contributed by atoms with Gasteiger partial charge in [0.2, 0.25) is 0 Å². The van der Waals surface area contributed by atoms with Crippen molar-refractivity contribution in [3.8, 4) is 11.5 Å².